The van der Waals surface area contributed by atoms with E-state index >= 15 is 0 Å². The first-order chi connectivity index (χ1) is 13.6. The summed E-state index contributed by atoms with van der Waals surface area (Å²) in [7, 11) is 0. The quantitative estimate of drug-likeness (QED) is 0.603. The summed E-state index contributed by atoms with van der Waals surface area (Å²) in [6.07, 6.45) is 1.81. The minimum atomic E-state index is -0.639. The lowest BCUT2D eigenvalue weighted by Crippen LogP contribution is -2.39. The van der Waals surface area contributed by atoms with Gasteiger partial charge in [-0.15, -0.1) is 0 Å². The van der Waals surface area contributed by atoms with Crippen LogP contribution in [0.25, 0.3) is 11.0 Å². The summed E-state index contributed by atoms with van der Waals surface area (Å²) in [6.45, 7) is 1.39. The van der Waals surface area contributed by atoms with Crippen molar-refractivity contribution in [2.45, 2.75) is 25.5 Å². The number of carbonyl (C=O) groups is 1. The van der Waals surface area contributed by atoms with Gasteiger partial charge in [-0.2, -0.15) is 0 Å². The van der Waals surface area contributed by atoms with E-state index in [2.05, 4.69) is 0 Å². The van der Waals surface area contributed by atoms with Crippen LogP contribution in [0.15, 0.2) is 63.8 Å². The molecule has 1 aliphatic rings. The number of rotatable bonds is 5. The number of benzene rings is 2. The summed E-state index contributed by atoms with van der Waals surface area (Å²) in [5.41, 5.74) is 0.658. The number of nitrogens with zero attached hydrogens (tertiary/aromatic N) is 1. The monoisotopic (exact) mass is 397 g/mol. The molecule has 0 spiro atoms. The number of hydrogen-bond acceptors (Lipinski definition) is 4. The van der Waals surface area contributed by atoms with Crippen molar-refractivity contribution in [3.63, 3.8) is 0 Å². The number of amides is 1. The molecule has 0 bridgehead atoms. The fraction of sp³-hybridized carbons (Fsp3) is 0.273. The summed E-state index contributed by atoms with van der Waals surface area (Å²) < 4.78 is 11.1. The number of halogens is 1. The van der Waals surface area contributed by atoms with E-state index in [0.717, 1.165) is 18.4 Å². The maximum atomic E-state index is 13.3. The zero-order chi connectivity index (χ0) is 19.5. The third-order valence-electron chi connectivity index (χ3n) is 4.93. The van der Waals surface area contributed by atoms with Crippen LogP contribution in [-0.2, 0) is 11.3 Å². The van der Waals surface area contributed by atoms with Crippen molar-refractivity contribution in [2.75, 3.05) is 13.2 Å². The molecule has 1 saturated heterocycles. The second kappa shape index (κ2) is 8.17. The molecule has 28 heavy (non-hydrogen) atoms. The molecule has 4 rings (SSSR count). The fourth-order valence-electron chi connectivity index (χ4n) is 3.47. The molecule has 1 amide bonds. The molecule has 1 unspecified atom stereocenters. The second-order valence-corrected chi connectivity index (χ2v) is 7.30. The van der Waals surface area contributed by atoms with Crippen molar-refractivity contribution in [3.8, 4) is 0 Å². The predicted molar refractivity (Wildman–Crippen MR) is 108 cm³/mol. The topological polar surface area (TPSA) is 59.8 Å². The Morgan fingerprint density at radius 1 is 1.14 bits per heavy atom. The van der Waals surface area contributed by atoms with Gasteiger partial charge in [0.25, 0.3) is 5.91 Å². The molecule has 1 aromatic heterocycles. The van der Waals surface area contributed by atoms with Crippen LogP contribution >= 0.6 is 11.6 Å². The maximum Gasteiger partial charge on any atom is 0.349 e. The number of carbonyl (C=O) groups excluding carboxylic acids is 1. The molecule has 0 saturated carbocycles. The highest BCUT2D eigenvalue weighted by molar-refractivity contribution is 6.31. The van der Waals surface area contributed by atoms with Crippen molar-refractivity contribution in [1.82, 2.24) is 4.90 Å². The van der Waals surface area contributed by atoms with Crippen LogP contribution in [0.5, 0.6) is 0 Å². The Kier molecular flexibility index (Phi) is 5.46. The Morgan fingerprint density at radius 3 is 2.71 bits per heavy atom. The van der Waals surface area contributed by atoms with Crippen molar-refractivity contribution in [3.05, 3.63) is 81.2 Å². The molecular weight excluding hydrogens is 378 g/mol. The zero-order valence-electron chi connectivity index (χ0n) is 15.3. The van der Waals surface area contributed by atoms with E-state index in [1.54, 1.807) is 29.2 Å². The standard InChI is InChI=1S/C22H20ClNO4/c23-19-9-3-1-7-16(19)13-24(14-17-8-5-11-27-17)21(25)18-12-15-6-2-4-10-20(15)28-22(18)26/h1-4,6-7,9-10,12,17H,5,8,11,13-14H2. The van der Waals surface area contributed by atoms with Gasteiger partial charge >= 0.3 is 5.63 Å². The van der Waals surface area contributed by atoms with Crippen LogP contribution < -0.4 is 5.63 Å². The van der Waals surface area contributed by atoms with Gasteiger partial charge in [0, 0.05) is 30.1 Å². The number of ether oxygens (including phenoxy) is 1. The van der Waals surface area contributed by atoms with Crippen molar-refractivity contribution in [2.24, 2.45) is 0 Å². The smallest absolute Gasteiger partial charge is 0.349 e. The molecule has 2 aromatic carbocycles. The van der Waals surface area contributed by atoms with Crippen LogP contribution in [0.2, 0.25) is 5.02 Å². The van der Waals surface area contributed by atoms with Crippen LogP contribution in [0.3, 0.4) is 0 Å². The van der Waals surface area contributed by atoms with Crippen molar-refractivity contribution < 1.29 is 13.9 Å². The second-order valence-electron chi connectivity index (χ2n) is 6.90. The molecule has 6 heteroatoms. The lowest BCUT2D eigenvalue weighted by Gasteiger charge is -2.25. The van der Waals surface area contributed by atoms with Crippen LogP contribution in [0, 0.1) is 0 Å². The van der Waals surface area contributed by atoms with E-state index in [9.17, 15) is 9.59 Å². The summed E-state index contributed by atoms with van der Waals surface area (Å²) in [5, 5.41) is 1.29. The molecule has 3 aromatic rings. The normalized spacial score (nSPS) is 16.4. The van der Waals surface area contributed by atoms with Crippen molar-refractivity contribution >= 4 is 28.5 Å². The lowest BCUT2D eigenvalue weighted by atomic mass is 10.1. The van der Waals surface area contributed by atoms with Crippen LogP contribution in [-0.4, -0.2) is 30.1 Å². The van der Waals surface area contributed by atoms with Crippen LogP contribution in [0.1, 0.15) is 28.8 Å². The van der Waals surface area contributed by atoms with Gasteiger partial charge in [-0.3, -0.25) is 4.79 Å². The third kappa shape index (κ3) is 3.96. The van der Waals surface area contributed by atoms with Gasteiger partial charge < -0.3 is 14.1 Å². The molecule has 144 valence electrons. The lowest BCUT2D eigenvalue weighted by molar-refractivity contribution is 0.0504. The Labute approximate surface area is 167 Å². The third-order valence-corrected chi connectivity index (χ3v) is 5.29. The minimum Gasteiger partial charge on any atom is -0.422 e. The summed E-state index contributed by atoms with van der Waals surface area (Å²) >= 11 is 6.30. The average Bonchev–Trinajstić information content (AvgIpc) is 3.21. The SMILES string of the molecule is O=C(c1cc2ccccc2oc1=O)N(Cc1ccccc1Cl)CC1CCCO1. The molecular formula is C22H20ClNO4. The molecule has 0 N–H and O–H groups in total. The van der Waals surface area contributed by atoms with E-state index in [1.807, 2.05) is 30.3 Å². The fourth-order valence-corrected chi connectivity index (χ4v) is 3.66. The van der Waals surface area contributed by atoms with E-state index in [0.29, 0.717) is 35.7 Å². The molecule has 1 fully saturated rings. The number of fused-ring (bicyclic) bond motifs is 1. The Balaban J connectivity index is 1.68. The Hall–Kier alpha value is -2.63. The average molecular weight is 398 g/mol. The summed E-state index contributed by atoms with van der Waals surface area (Å²) in [4.78, 5) is 27.4. The largest absolute Gasteiger partial charge is 0.422 e. The summed E-state index contributed by atoms with van der Waals surface area (Å²) in [5.74, 6) is -0.380. The first-order valence-corrected chi connectivity index (χ1v) is 9.67. The maximum absolute atomic E-state index is 13.3. The van der Waals surface area contributed by atoms with Gasteiger partial charge in [0.1, 0.15) is 11.1 Å². The molecule has 1 aliphatic heterocycles. The van der Waals surface area contributed by atoms with Gasteiger partial charge in [0.15, 0.2) is 0 Å². The minimum absolute atomic E-state index is 0.0174. The van der Waals surface area contributed by atoms with Gasteiger partial charge in [-0.1, -0.05) is 48.0 Å². The van der Waals surface area contributed by atoms with E-state index in [4.69, 9.17) is 20.8 Å². The molecule has 0 radical (unpaired) electrons. The predicted octanol–water partition coefficient (Wildman–Crippen LogP) is 4.27. The number of hydrogen-bond donors (Lipinski definition) is 0. The highest BCUT2D eigenvalue weighted by atomic mass is 35.5. The first kappa shape index (κ1) is 18.7. The molecule has 1 atom stereocenters. The van der Waals surface area contributed by atoms with Gasteiger partial charge in [-0.05, 0) is 36.6 Å². The van der Waals surface area contributed by atoms with Crippen LogP contribution in [0.4, 0.5) is 0 Å². The zero-order valence-corrected chi connectivity index (χ0v) is 16.0. The van der Waals surface area contributed by atoms with Gasteiger partial charge in [0.2, 0.25) is 0 Å². The molecule has 0 aliphatic carbocycles. The first-order valence-electron chi connectivity index (χ1n) is 9.29. The van der Waals surface area contributed by atoms with Crippen molar-refractivity contribution in [1.29, 1.82) is 0 Å². The van der Waals surface area contributed by atoms with Gasteiger partial charge in [-0.25, -0.2) is 4.79 Å². The van der Waals surface area contributed by atoms with E-state index < -0.39 is 5.63 Å². The summed E-state index contributed by atoms with van der Waals surface area (Å²) in [6, 6.07) is 16.1. The van der Waals surface area contributed by atoms with E-state index in [1.165, 1.54) is 0 Å². The Morgan fingerprint density at radius 2 is 1.93 bits per heavy atom. The highest BCUT2D eigenvalue weighted by Crippen LogP contribution is 2.21. The molecule has 2 heterocycles. The number of para-hydroxylation sites is 1. The highest BCUT2D eigenvalue weighted by Gasteiger charge is 2.26. The Bertz CT molecular complexity index is 1060. The molecule has 5 nitrogen and oxygen atoms in total. The van der Waals surface area contributed by atoms with Gasteiger partial charge in [0.05, 0.1) is 6.10 Å². The van der Waals surface area contributed by atoms with E-state index in [-0.39, 0.29) is 17.6 Å².